The van der Waals surface area contributed by atoms with Gasteiger partial charge in [0.1, 0.15) is 0 Å². The van der Waals surface area contributed by atoms with Crippen molar-refractivity contribution in [2.45, 2.75) is 6.42 Å². The van der Waals surface area contributed by atoms with Crippen LogP contribution >= 0.6 is 11.6 Å². The van der Waals surface area contributed by atoms with Crippen LogP contribution in [0.4, 0.5) is 5.69 Å². The Balaban J connectivity index is 1.74. The van der Waals surface area contributed by atoms with Crippen LogP contribution in [0.25, 0.3) is 11.0 Å². The summed E-state index contributed by atoms with van der Waals surface area (Å²) in [5.41, 5.74) is 3.31. The molecule has 100 valence electrons. The largest absolute Gasteiger partial charge is 0.345 e. The number of nitrogens with one attached hydrogen (secondary N) is 2. The van der Waals surface area contributed by atoms with E-state index in [9.17, 15) is 4.79 Å². The number of amides is 1. The number of carbonyl (C=O) groups is 1. The van der Waals surface area contributed by atoms with E-state index in [4.69, 9.17) is 11.6 Å². The number of imidazole rings is 1. The molecule has 0 atom stereocenters. The summed E-state index contributed by atoms with van der Waals surface area (Å²) in [4.78, 5) is 19.2. The molecule has 1 aromatic heterocycles. The number of fused-ring (bicyclic) bond motifs is 1. The lowest BCUT2D eigenvalue weighted by molar-refractivity contribution is -0.115. The molecule has 0 aliphatic heterocycles. The molecule has 0 radical (unpaired) electrons. The summed E-state index contributed by atoms with van der Waals surface area (Å²) >= 11 is 6.04. The van der Waals surface area contributed by atoms with Gasteiger partial charge in [-0.15, -0.1) is 0 Å². The van der Waals surface area contributed by atoms with Crippen LogP contribution in [0.3, 0.4) is 0 Å². The number of hydrogen-bond donors (Lipinski definition) is 2. The summed E-state index contributed by atoms with van der Waals surface area (Å²) in [6.07, 6.45) is 1.88. The highest BCUT2D eigenvalue weighted by molar-refractivity contribution is 6.31. The van der Waals surface area contributed by atoms with Gasteiger partial charge in [-0.3, -0.25) is 4.79 Å². The van der Waals surface area contributed by atoms with Gasteiger partial charge in [0, 0.05) is 10.7 Å². The molecule has 3 aromatic rings. The van der Waals surface area contributed by atoms with Gasteiger partial charge in [0.15, 0.2) is 0 Å². The molecule has 0 fully saturated rings. The SMILES string of the molecule is O=C(Cc1ccccc1Cl)Nc1ccc2nc[nH]c2c1. The standard InChI is InChI=1S/C15H12ClN3O/c16-12-4-2-1-3-10(12)7-15(20)19-11-5-6-13-14(8-11)18-9-17-13/h1-6,8-9H,7H2,(H,17,18)(H,19,20). The summed E-state index contributed by atoms with van der Waals surface area (Å²) in [7, 11) is 0. The van der Waals surface area contributed by atoms with Crippen molar-refractivity contribution in [2.75, 3.05) is 5.32 Å². The Bertz CT molecular complexity index is 766. The van der Waals surface area contributed by atoms with Gasteiger partial charge in [0.25, 0.3) is 0 Å². The van der Waals surface area contributed by atoms with Crippen molar-refractivity contribution in [3.63, 3.8) is 0 Å². The average molecular weight is 286 g/mol. The summed E-state index contributed by atoms with van der Waals surface area (Å²) in [5.74, 6) is -0.100. The molecule has 1 heterocycles. The van der Waals surface area contributed by atoms with E-state index in [1.807, 2.05) is 36.4 Å². The number of H-pyrrole nitrogens is 1. The number of aromatic nitrogens is 2. The summed E-state index contributed by atoms with van der Waals surface area (Å²) in [6, 6.07) is 12.9. The van der Waals surface area contributed by atoms with E-state index >= 15 is 0 Å². The third-order valence-corrected chi connectivity index (χ3v) is 3.38. The van der Waals surface area contributed by atoms with Crippen LogP contribution in [0.15, 0.2) is 48.8 Å². The van der Waals surface area contributed by atoms with E-state index in [0.29, 0.717) is 5.02 Å². The van der Waals surface area contributed by atoms with Gasteiger partial charge >= 0.3 is 0 Å². The monoisotopic (exact) mass is 285 g/mol. The maximum Gasteiger partial charge on any atom is 0.228 e. The lowest BCUT2D eigenvalue weighted by Crippen LogP contribution is -2.14. The van der Waals surface area contributed by atoms with Crippen molar-refractivity contribution in [3.8, 4) is 0 Å². The highest BCUT2D eigenvalue weighted by Crippen LogP contribution is 2.18. The van der Waals surface area contributed by atoms with Crippen molar-refractivity contribution >= 4 is 34.2 Å². The average Bonchev–Trinajstić information content (AvgIpc) is 2.89. The lowest BCUT2D eigenvalue weighted by Gasteiger charge is -2.06. The number of benzene rings is 2. The van der Waals surface area contributed by atoms with E-state index in [-0.39, 0.29) is 12.3 Å². The minimum atomic E-state index is -0.100. The predicted molar refractivity (Wildman–Crippen MR) is 79.9 cm³/mol. The Labute approximate surface area is 120 Å². The molecule has 0 bridgehead atoms. The fourth-order valence-electron chi connectivity index (χ4n) is 2.03. The molecule has 3 rings (SSSR count). The summed E-state index contributed by atoms with van der Waals surface area (Å²) in [6.45, 7) is 0. The molecule has 0 unspecified atom stereocenters. The molecule has 2 N–H and O–H groups in total. The molecular formula is C15H12ClN3O. The van der Waals surface area contributed by atoms with E-state index < -0.39 is 0 Å². The van der Waals surface area contributed by atoms with Crippen molar-refractivity contribution < 1.29 is 4.79 Å². The third kappa shape index (κ3) is 2.65. The van der Waals surface area contributed by atoms with Gasteiger partial charge in [-0.05, 0) is 29.8 Å². The Morgan fingerprint density at radius 1 is 1.25 bits per heavy atom. The second-order valence-corrected chi connectivity index (χ2v) is 4.86. The normalized spacial score (nSPS) is 10.7. The minimum absolute atomic E-state index is 0.100. The number of anilines is 1. The highest BCUT2D eigenvalue weighted by atomic mass is 35.5. The zero-order valence-corrected chi connectivity index (χ0v) is 11.3. The van der Waals surface area contributed by atoms with E-state index in [1.165, 1.54) is 0 Å². The number of aromatic amines is 1. The smallest absolute Gasteiger partial charge is 0.228 e. The number of nitrogens with zero attached hydrogens (tertiary/aromatic N) is 1. The fraction of sp³-hybridized carbons (Fsp3) is 0.0667. The number of halogens is 1. The Hall–Kier alpha value is -2.33. The Morgan fingerprint density at radius 2 is 2.10 bits per heavy atom. The number of rotatable bonds is 3. The molecule has 5 heteroatoms. The molecule has 0 saturated carbocycles. The first-order valence-electron chi connectivity index (χ1n) is 6.19. The van der Waals surface area contributed by atoms with Gasteiger partial charge in [-0.25, -0.2) is 4.98 Å². The highest BCUT2D eigenvalue weighted by Gasteiger charge is 2.07. The van der Waals surface area contributed by atoms with Crippen molar-refractivity contribution in [3.05, 3.63) is 59.4 Å². The first-order chi connectivity index (χ1) is 9.72. The van der Waals surface area contributed by atoms with Gasteiger partial charge in [-0.1, -0.05) is 29.8 Å². The topological polar surface area (TPSA) is 57.8 Å². The quantitative estimate of drug-likeness (QED) is 0.775. The number of carbonyl (C=O) groups excluding carboxylic acids is 1. The Morgan fingerprint density at radius 3 is 2.95 bits per heavy atom. The van der Waals surface area contributed by atoms with Crippen molar-refractivity contribution in [2.24, 2.45) is 0 Å². The second-order valence-electron chi connectivity index (χ2n) is 4.45. The molecule has 0 saturated heterocycles. The fourth-order valence-corrected chi connectivity index (χ4v) is 2.24. The molecule has 0 spiro atoms. The third-order valence-electron chi connectivity index (χ3n) is 3.01. The van der Waals surface area contributed by atoms with Crippen molar-refractivity contribution in [1.29, 1.82) is 0 Å². The Kier molecular flexibility index (Phi) is 3.39. The molecule has 1 amide bonds. The van der Waals surface area contributed by atoms with Gasteiger partial charge in [0.05, 0.1) is 23.8 Å². The van der Waals surface area contributed by atoms with Crippen LogP contribution in [0, 0.1) is 0 Å². The zero-order valence-electron chi connectivity index (χ0n) is 10.6. The van der Waals surface area contributed by atoms with E-state index in [2.05, 4.69) is 15.3 Å². The molecular weight excluding hydrogens is 274 g/mol. The molecule has 2 aromatic carbocycles. The first-order valence-corrected chi connectivity index (χ1v) is 6.56. The van der Waals surface area contributed by atoms with Crippen LogP contribution in [-0.2, 0) is 11.2 Å². The first kappa shape index (κ1) is 12.7. The molecule has 0 aliphatic carbocycles. The minimum Gasteiger partial charge on any atom is -0.345 e. The van der Waals surface area contributed by atoms with Crippen LogP contribution in [-0.4, -0.2) is 15.9 Å². The maximum atomic E-state index is 12.0. The predicted octanol–water partition coefficient (Wildman–Crippen LogP) is 3.40. The zero-order chi connectivity index (χ0) is 13.9. The summed E-state index contributed by atoms with van der Waals surface area (Å²) in [5, 5.41) is 3.46. The van der Waals surface area contributed by atoms with Crippen LogP contribution in [0.5, 0.6) is 0 Å². The van der Waals surface area contributed by atoms with Gasteiger partial charge in [0.2, 0.25) is 5.91 Å². The van der Waals surface area contributed by atoms with Crippen LogP contribution < -0.4 is 5.32 Å². The van der Waals surface area contributed by atoms with E-state index in [1.54, 1.807) is 12.4 Å². The molecule has 20 heavy (non-hydrogen) atoms. The van der Waals surface area contributed by atoms with Gasteiger partial charge in [-0.2, -0.15) is 0 Å². The second kappa shape index (κ2) is 5.35. The number of hydrogen-bond acceptors (Lipinski definition) is 2. The summed E-state index contributed by atoms with van der Waals surface area (Å²) < 4.78 is 0. The molecule has 0 aliphatic rings. The van der Waals surface area contributed by atoms with Crippen LogP contribution in [0.1, 0.15) is 5.56 Å². The van der Waals surface area contributed by atoms with E-state index in [0.717, 1.165) is 22.3 Å². The maximum absolute atomic E-state index is 12.0. The molecule has 4 nitrogen and oxygen atoms in total. The lowest BCUT2D eigenvalue weighted by atomic mass is 10.1. The van der Waals surface area contributed by atoms with Crippen LogP contribution in [0.2, 0.25) is 5.02 Å². The van der Waals surface area contributed by atoms with Crippen molar-refractivity contribution in [1.82, 2.24) is 9.97 Å². The van der Waals surface area contributed by atoms with Gasteiger partial charge < -0.3 is 10.3 Å².